The molecule has 1 atom stereocenters. The van der Waals surface area contributed by atoms with E-state index in [9.17, 15) is 4.79 Å². The molecular formula is C14H16N2O3. The van der Waals surface area contributed by atoms with Gasteiger partial charge in [0.2, 0.25) is 0 Å². The number of benzene rings is 1. The molecule has 2 rings (SSSR count). The Hall–Kier alpha value is -2.06. The van der Waals surface area contributed by atoms with Crippen LogP contribution in [0.15, 0.2) is 18.2 Å². The topological polar surface area (TPSA) is 71.3 Å². The molecule has 0 radical (unpaired) electrons. The Morgan fingerprint density at radius 2 is 2.37 bits per heavy atom. The van der Waals surface area contributed by atoms with Crippen molar-refractivity contribution >= 4 is 11.6 Å². The van der Waals surface area contributed by atoms with Crippen LogP contribution in [-0.4, -0.2) is 25.2 Å². The molecular weight excluding hydrogens is 244 g/mol. The number of ether oxygens (including phenoxy) is 2. The number of amides is 1. The minimum atomic E-state index is -0.826. The monoisotopic (exact) mass is 260 g/mol. The van der Waals surface area contributed by atoms with E-state index in [0.717, 1.165) is 6.42 Å². The van der Waals surface area contributed by atoms with Crippen molar-refractivity contribution in [2.45, 2.75) is 25.4 Å². The Morgan fingerprint density at radius 3 is 2.95 bits per heavy atom. The number of nitriles is 1. The van der Waals surface area contributed by atoms with Gasteiger partial charge in [-0.1, -0.05) is 6.07 Å². The standard InChI is InChI=1S/C14H16N2O3/c1-14(7-4-8-19-14)13(17)16-12-10(9-15)5-3-6-11(12)18-2/h3,5-6H,4,7-8H2,1-2H3,(H,16,17). The quantitative estimate of drug-likeness (QED) is 0.903. The third kappa shape index (κ3) is 2.54. The first-order chi connectivity index (χ1) is 9.10. The molecule has 1 unspecified atom stereocenters. The number of hydrogen-bond acceptors (Lipinski definition) is 4. The summed E-state index contributed by atoms with van der Waals surface area (Å²) in [7, 11) is 1.50. The fraction of sp³-hybridized carbons (Fsp3) is 0.429. The smallest absolute Gasteiger partial charge is 0.256 e. The van der Waals surface area contributed by atoms with E-state index in [2.05, 4.69) is 5.32 Å². The van der Waals surface area contributed by atoms with Crippen LogP contribution in [0.25, 0.3) is 0 Å². The molecule has 1 aromatic rings. The second-order valence-electron chi connectivity index (χ2n) is 4.63. The largest absolute Gasteiger partial charge is 0.495 e. The highest BCUT2D eigenvalue weighted by Gasteiger charge is 2.38. The highest BCUT2D eigenvalue weighted by molar-refractivity contribution is 5.99. The average molecular weight is 260 g/mol. The van der Waals surface area contributed by atoms with Gasteiger partial charge in [0.05, 0.1) is 12.7 Å². The predicted molar refractivity (Wildman–Crippen MR) is 69.9 cm³/mol. The van der Waals surface area contributed by atoms with E-state index in [0.29, 0.717) is 30.0 Å². The van der Waals surface area contributed by atoms with Gasteiger partial charge in [-0.05, 0) is 31.9 Å². The number of nitrogens with zero attached hydrogens (tertiary/aromatic N) is 1. The lowest BCUT2D eigenvalue weighted by atomic mass is 10.0. The van der Waals surface area contributed by atoms with Gasteiger partial charge in [-0.3, -0.25) is 4.79 Å². The van der Waals surface area contributed by atoms with Crippen molar-refractivity contribution in [3.8, 4) is 11.8 Å². The zero-order valence-corrected chi connectivity index (χ0v) is 11.0. The van der Waals surface area contributed by atoms with Crippen LogP contribution in [0.4, 0.5) is 5.69 Å². The molecule has 1 heterocycles. The molecule has 1 aliphatic heterocycles. The summed E-state index contributed by atoms with van der Waals surface area (Å²) in [5.41, 5.74) is -0.0587. The van der Waals surface area contributed by atoms with Gasteiger partial charge in [-0.25, -0.2) is 0 Å². The van der Waals surface area contributed by atoms with E-state index < -0.39 is 5.60 Å². The first kappa shape index (κ1) is 13.4. The third-order valence-corrected chi connectivity index (χ3v) is 3.30. The Labute approximate surface area is 112 Å². The fourth-order valence-corrected chi connectivity index (χ4v) is 2.13. The number of carbonyl (C=O) groups excluding carboxylic acids is 1. The van der Waals surface area contributed by atoms with E-state index in [4.69, 9.17) is 14.7 Å². The lowest BCUT2D eigenvalue weighted by Crippen LogP contribution is -2.39. The van der Waals surface area contributed by atoms with Crippen molar-refractivity contribution in [2.75, 3.05) is 19.0 Å². The maximum Gasteiger partial charge on any atom is 0.256 e. The van der Waals surface area contributed by atoms with Crippen molar-refractivity contribution in [2.24, 2.45) is 0 Å². The summed E-state index contributed by atoms with van der Waals surface area (Å²) in [6, 6.07) is 7.09. The molecule has 0 saturated carbocycles. The number of para-hydroxylation sites is 1. The molecule has 0 spiro atoms. The molecule has 100 valence electrons. The van der Waals surface area contributed by atoms with Crippen molar-refractivity contribution in [1.82, 2.24) is 0 Å². The summed E-state index contributed by atoms with van der Waals surface area (Å²) >= 11 is 0. The van der Waals surface area contributed by atoms with E-state index in [-0.39, 0.29) is 5.91 Å². The first-order valence-corrected chi connectivity index (χ1v) is 6.13. The van der Waals surface area contributed by atoms with Gasteiger partial charge in [0, 0.05) is 6.61 Å². The molecule has 1 aliphatic rings. The van der Waals surface area contributed by atoms with E-state index in [1.807, 2.05) is 6.07 Å². The summed E-state index contributed by atoms with van der Waals surface area (Å²) in [5, 5.41) is 11.8. The number of carbonyl (C=O) groups is 1. The van der Waals surface area contributed by atoms with Crippen LogP contribution in [0.2, 0.25) is 0 Å². The van der Waals surface area contributed by atoms with Crippen LogP contribution >= 0.6 is 0 Å². The zero-order chi connectivity index (χ0) is 13.9. The number of methoxy groups -OCH3 is 1. The summed E-state index contributed by atoms with van der Waals surface area (Å²) in [6.07, 6.45) is 1.54. The Balaban J connectivity index is 2.28. The van der Waals surface area contributed by atoms with Crippen LogP contribution in [0, 0.1) is 11.3 Å². The van der Waals surface area contributed by atoms with Gasteiger partial charge in [0.15, 0.2) is 0 Å². The van der Waals surface area contributed by atoms with Crippen molar-refractivity contribution < 1.29 is 14.3 Å². The summed E-state index contributed by atoms with van der Waals surface area (Å²) in [5.74, 6) is 0.222. The minimum Gasteiger partial charge on any atom is -0.495 e. The van der Waals surface area contributed by atoms with E-state index in [1.54, 1.807) is 25.1 Å². The van der Waals surface area contributed by atoms with Gasteiger partial charge >= 0.3 is 0 Å². The van der Waals surface area contributed by atoms with Gasteiger partial charge in [-0.15, -0.1) is 0 Å². The highest BCUT2D eigenvalue weighted by Crippen LogP contribution is 2.31. The highest BCUT2D eigenvalue weighted by atomic mass is 16.5. The zero-order valence-electron chi connectivity index (χ0n) is 11.0. The normalized spacial score (nSPS) is 21.7. The molecule has 19 heavy (non-hydrogen) atoms. The van der Waals surface area contributed by atoms with Gasteiger partial charge in [-0.2, -0.15) is 5.26 Å². The van der Waals surface area contributed by atoms with Crippen LogP contribution in [-0.2, 0) is 9.53 Å². The lowest BCUT2D eigenvalue weighted by Gasteiger charge is -2.23. The number of rotatable bonds is 3. The summed E-state index contributed by atoms with van der Waals surface area (Å²) in [6.45, 7) is 2.34. The van der Waals surface area contributed by atoms with E-state index in [1.165, 1.54) is 7.11 Å². The van der Waals surface area contributed by atoms with Gasteiger partial charge < -0.3 is 14.8 Å². The summed E-state index contributed by atoms with van der Waals surface area (Å²) < 4.78 is 10.7. The van der Waals surface area contributed by atoms with E-state index >= 15 is 0 Å². The Kier molecular flexibility index (Phi) is 3.72. The lowest BCUT2D eigenvalue weighted by molar-refractivity contribution is -0.133. The van der Waals surface area contributed by atoms with Crippen LogP contribution in [0.5, 0.6) is 5.75 Å². The van der Waals surface area contributed by atoms with Crippen molar-refractivity contribution in [3.05, 3.63) is 23.8 Å². The number of anilines is 1. The Bertz CT molecular complexity index is 528. The maximum atomic E-state index is 12.3. The molecule has 0 aliphatic carbocycles. The predicted octanol–water partition coefficient (Wildman–Crippen LogP) is 2.07. The molecule has 0 aromatic heterocycles. The first-order valence-electron chi connectivity index (χ1n) is 6.13. The SMILES string of the molecule is COc1cccc(C#N)c1NC(=O)C1(C)CCCO1. The molecule has 1 amide bonds. The van der Waals surface area contributed by atoms with Crippen molar-refractivity contribution in [3.63, 3.8) is 0 Å². The van der Waals surface area contributed by atoms with Crippen LogP contribution in [0.3, 0.4) is 0 Å². The number of hydrogen-bond donors (Lipinski definition) is 1. The van der Waals surface area contributed by atoms with Crippen LogP contribution < -0.4 is 10.1 Å². The third-order valence-electron chi connectivity index (χ3n) is 3.30. The molecule has 1 saturated heterocycles. The summed E-state index contributed by atoms with van der Waals surface area (Å²) in [4.78, 5) is 12.3. The molecule has 1 N–H and O–H groups in total. The molecule has 5 heteroatoms. The maximum absolute atomic E-state index is 12.3. The second kappa shape index (κ2) is 5.29. The fourth-order valence-electron chi connectivity index (χ4n) is 2.13. The van der Waals surface area contributed by atoms with Gasteiger partial charge in [0.1, 0.15) is 23.1 Å². The van der Waals surface area contributed by atoms with Gasteiger partial charge in [0.25, 0.3) is 5.91 Å². The molecule has 5 nitrogen and oxygen atoms in total. The Morgan fingerprint density at radius 1 is 1.58 bits per heavy atom. The average Bonchev–Trinajstić information content (AvgIpc) is 2.87. The second-order valence-corrected chi connectivity index (χ2v) is 4.63. The minimum absolute atomic E-state index is 0.244. The molecule has 1 aromatic carbocycles. The molecule has 1 fully saturated rings. The number of nitrogens with one attached hydrogen (secondary N) is 1. The molecule has 0 bridgehead atoms. The van der Waals surface area contributed by atoms with Crippen LogP contribution in [0.1, 0.15) is 25.3 Å². The van der Waals surface area contributed by atoms with Crippen molar-refractivity contribution in [1.29, 1.82) is 5.26 Å².